The fraction of sp³-hybridized carbons (Fsp3) is 0.867. The summed E-state index contributed by atoms with van der Waals surface area (Å²) in [6, 6.07) is 0. The zero-order chi connectivity index (χ0) is 12.8. The summed E-state index contributed by atoms with van der Waals surface area (Å²) in [7, 11) is 0. The van der Waals surface area contributed by atoms with Crippen molar-refractivity contribution in [2.24, 2.45) is 23.2 Å². The molecule has 2 saturated carbocycles. The highest BCUT2D eigenvalue weighted by Crippen LogP contribution is 2.54. The van der Waals surface area contributed by atoms with E-state index < -0.39 is 0 Å². The summed E-state index contributed by atoms with van der Waals surface area (Å²) < 4.78 is 0. The second-order valence-electron chi connectivity index (χ2n) is 6.69. The number of hydrogen-bond donors (Lipinski definition) is 2. The summed E-state index contributed by atoms with van der Waals surface area (Å²) in [5.41, 5.74) is 1.17. The maximum atomic E-state index is 10.3. The molecule has 0 amide bonds. The third-order valence-corrected chi connectivity index (χ3v) is 5.29. The van der Waals surface area contributed by atoms with E-state index in [4.69, 9.17) is 0 Å². The second kappa shape index (κ2) is 4.40. The number of allylic oxidation sites excluding steroid dienone is 1. The summed E-state index contributed by atoms with van der Waals surface area (Å²) in [5, 5.41) is 20.6. The molecule has 0 unspecified atom stereocenters. The van der Waals surface area contributed by atoms with E-state index in [2.05, 4.69) is 27.4 Å². The molecule has 0 saturated heterocycles. The Bertz CT molecular complexity index is 310. The molecule has 2 fully saturated rings. The molecule has 0 aromatic carbocycles. The van der Waals surface area contributed by atoms with Crippen LogP contribution in [0.1, 0.15) is 46.5 Å². The van der Waals surface area contributed by atoms with Gasteiger partial charge in [-0.05, 0) is 43.4 Å². The summed E-state index contributed by atoms with van der Waals surface area (Å²) in [6.45, 7) is 10.7. The number of aliphatic hydroxyl groups is 2. The Hall–Kier alpha value is -0.340. The summed E-state index contributed by atoms with van der Waals surface area (Å²) >= 11 is 0. The highest BCUT2D eigenvalue weighted by molar-refractivity contribution is 5.16. The molecule has 2 heteroatoms. The van der Waals surface area contributed by atoms with Crippen molar-refractivity contribution in [1.82, 2.24) is 0 Å². The Morgan fingerprint density at radius 1 is 1.35 bits per heavy atom. The van der Waals surface area contributed by atoms with Gasteiger partial charge in [-0.25, -0.2) is 0 Å². The number of hydrogen-bond acceptors (Lipinski definition) is 2. The van der Waals surface area contributed by atoms with Crippen LogP contribution in [0.3, 0.4) is 0 Å². The van der Waals surface area contributed by atoms with Crippen LogP contribution in [0.25, 0.3) is 0 Å². The first kappa shape index (κ1) is 13.1. The number of fused-ring (bicyclic) bond motifs is 1. The van der Waals surface area contributed by atoms with Gasteiger partial charge >= 0.3 is 0 Å². The normalized spacial score (nSPS) is 47.1. The van der Waals surface area contributed by atoms with Crippen molar-refractivity contribution >= 4 is 0 Å². The molecule has 0 spiro atoms. The third-order valence-electron chi connectivity index (χ3n) is 5.29. The van der Waals surface area contributed by atoms with Crippen molar-refractivity contribution in [3.05, 3.63) is 12.2 Å². The van der Waals surface area contributed by atoms with Crippen molar-refractivity contribution in [3.63, 3.8) is 0 Å². The largest absolute Gasteiger partial charge is 0.393 e. The van der Waals surface area contributed by atoms with Crippen LogP contribution in [0.15, 0.2) is 12.2 Å². The van der Waals surface area contributed by atoms with Gasteiger partial charge in [-0.1, -0.05) is 32.9 Å². The quantitative estimate of drug-likeness (QED) is 0.690. The monoisotopic (exact) mass is 238 g/mol. The van der Waals surface area contributed by atoms with Crippen molar-refractivity contribution in [1.29, 1.82) is 0 Å². The average Bonchev–Trinajstić information content (AvgIpc) is 2.26. The fourth-order valence-electron chi connectivity index (χ4n) is 3.98. The lowest BCUT2D eigenvalue weighted by Crippen LogP contribution is -2.52. The molecule has 5 atom stereocenters. The van der Waals surface area contributed by atoms with Gasteiger partial charge in [0.1, 0.15) is 0 Å². The number of rotatable bonds is 1. The maximum Gasteiger partial charge on any atom is 0.0602 e. The Labute approximate surface area is 105 Å². The average molecular weight is 238 g/mol. The lowest BCUT2D eigenvalue weighted by Gasteiger charge is -2.53. The molecule has 0 aromatic rings. The van der Waals surface area contributed by atoms with Crippen LogP contribution in [-0.2, 0) is 0 Å². The van der Waals surface area contributed by atoms with Gasteiger partial charge in [0.25, 0.3) is 0 Å². The fourth-order valence-corrected chi connectivity index (χ4v) is 3.98. The predicted octanol–water partition coefficient (Wildman–Crippen LogP) is 2.75. The van der Waals surface area contributed by atoms with Gasteiger partial charge in [-0.15, -0.1) is 0 Å². The van der Waals surface area contributed by atoms with Crippen molar-refractivity contribution < 1.29 is 10.2 Å². The van der Waals surface area contributed by atoms with Gasteiger partial charge in [0, 0.05) is 5.41 Å². The van der Waals surface area contributed by atoms with Gasteiger partial charge in [-0.3, -0.25) is 0 Å². The third kappa shape index (κ3) is 2.06. The van der Waals surface area contributed by atoms with E-state index in [1.165, 1.54) is 5.57 Å². The van der Waals surface area contributed by atoms with Gasteiger partial charge in [0.15, 0.2) is 0 Å². The number of aliphatic hydroxyl groups excluding tert-OH is 2. The van der Waals surface area contributed by atoms with Crippen LogP contribution in [-0.4, -0.2) is 22.4 Å². The highest BCUT2D eigenvalue weighted by Gasteiger charge is 2.51. The smallest absolute Gasteiger partial charge is 0.0602 e. The lowest BCUT2D eigenvalue weighted by atomic mass is 9.53. The molecule has 17 heavy (non-hydrogen) atoms. The van der Waals surface area contributed by atoms with E-state index in [0.29, 0.717) is 17.8 Å². The Kier molecular flexibility index (Phi) is 3.39. The summed E-state index contributed by atoms with van der Waals surface area (Å²) in [5.74, 6) is 1.10. The van der Waals surface area contributed by atoms with Crippen LogP contribution in [0.4, 0.5) is 0 Å². The Balaban J connectivity index is 2.26. The molecule has 2 nitrogen and oxygen atoms in total. The van der Waals surface area contributed by atoms with Gasteiger partial charge in [0.2, 0.25) is 0 Å². The minimum atomic E-state index is -0.230. The van der Waals surface area contributed by atoms with Crippen molar-refractivity contribution in [3.8, 4) is 0 Å². The summed E-state index contributed by atoms with van der Waals surface area (Å²) in [6.07, 6.45) is 3.01. The first-order valence-electron chi connectivity index (χ1n) is 6.90. The molecule has 0 radical (unpaired) electrons. The van der Waals surface area contributed by atoms with Crippen LogP contribution < -0.4 is 0 Å². The molecule has 0 aromatic heterocycles. The van der Waals surface area contributed by atoms with Gasteiger partial charge < -0.3 is 10.2 Å². The highest BCUT2D eigenvalue weighted by atomic mass is 16.3. The van der Waals surface area contributed by atoms with Crippen molar-refractivity contribution in [2.45, 2.75) is 58.7 Å². The van der Waals surface area contributed by atoms with E-state index >= 15 is 0 Å². The molecule has 0 bridgehead atoms. The topological polar surface area (TPSA) is 40.5 Å². The minimum absolute atomic E-state index is 0.0660. The van der Waals surface area contributed by atoms with E-state index in [1.807, 2.05) is 0 Å². The second-order valence-corrected chi connectivity index (χ2v) is 6.69. The van der Waals surface area contributed by atoms with Crippen LogP contribution in [0.5, 0.6) is 0 Å². The Morgan fingerprint density at radius 2 is 2.00 bits per heavy atom. The van der Waals surface area contributed by atoms with Crippen LogP contribution >= 0.6 is 0 Å². The van der Waals surface area contributed by atoms with Gasteiger partial charge in [-0.2, -0.15) is 0 Å². The standard InChI is InChI=1S/C15H26O2/c1-9(2)11-8-15(4)12(7-13(11)16)10(3)5-6-14(15)17/h9,11-14,16-17H,3,5-8H2,1-2,4H3/t11-,12-,13+,14+,15+/m0/s1. The summed E-state index contributed by atoms with van der Waals surface area (Å²) in [4.78, 5) is 0. The molecule has 0 aliphatic heterocycles. The Morgan fingerprint density at radius 3 is 2.59 bits per heavy atom. The maximum absolute atomic E-state index is 10.3. The molecular weight excluding hydrogens is 212 g/mol. The van der Waals surface area contributed by atoms with Crippen LogP contribution in [0.2, 0.25) is 0 Å². The SMILES string of the molecule is C=C1CC[C@@H](O)[C@]2(C)C[C@@H](C(C)C)[C@H](O)C[C@@H]12. The van der Waals surface area contributed by atoms with Crippen molar-refractivity contribution in [2.75, 3.05) is 0 Å². The first-order chi connectivity index (χ1) is 7.86. The molecule has 2 N–H and O–H groups in total. The first-order valence-corrected chi connectivity index (χ1v) is 6.90. The molecule has 2 aliphatic rings. The molecule has 2 rings (SSSR count). The molecule has 0 heterocycles. The van der Waals surface area contributed by atoms with E-state index in [-0.39, 0.29) is 17.6 Å². The lowest BCUT2D eigenvalue weighted by molar-refractivity contribution is -0.105. The van der Waals surface area contributed by atoms with Gasteiger partial charge in [0.05, 0.1) is 12.2 Å². The molecule has 2 aliphatic carbocycles. The van der Waals surface area contributed by atoms with E-state index in [1.54, 1.807) is 0 Å². The molecular formula is C15H26O2. The van der Waals surface area contributed by atoms with E-state index in [0.717, 1.165) is 25.7 Å². The van der Waals surface area contributed by atoms with E-state index in [9.17, 15) is 10.2 Å². The predicted molar refractivity (Wildman–Crippen MR) is 69.5 cm³/mol. The zero-order valence-electron chi connectivity index (χ0n) is 11.3. The molecule has 98 valence electrons. The zero-order valence-corrected chi connectivity index (χ0v) is 11.3. The minimum Gasteiger partial charge on any atom is -0.393 e. The van der Waals surface area contributed by atoms with Crippen LogP contribution in [0, 0.1) is 23.2 Å².